The number of hydrogen-bond donors (Lipinski definition) is 2. The summed E-state index contributed by atoms with van der Waals surface area (Å²) in [7, 11) is 0. The van der Waals surface area contributed by atoms with Crippen LogP contribution in [0.1, 0.15) is 25.1 Å². The van der Waals surface area contributed by atoms with Crippen molar-refractivity contribution < 1.29 is 0 Å². The Balaban J connectivity index is 2.33. The SMILES string of the molecule is Cc1cscc1-c1nc(CNC(C)C)cc(=O)[nH]1. The number of aromatic nitrogens is 2. The molecule has 2 heterocycles. The zero-order valence-corrected chi connectivity index (χ0v) is 11.6. The van der Waals surface area contributed by atoms with Gasteiger partial charge in [-0.25, -0.2) is 4.98 Å². The summed E-state index contributed by atoms with van der Waals surface area (Å²) < 4.78 is 0. The van der Waals surface area contributed by atoms with Gasteiger partial charge in [-0.2, -0.15) is 11.3 Å². The van der Waals surface area contributed by atoms with Gasteiger partial charge in [-0.05, 0) is 17.9 Å². The molecule has 0 aliphatic carbocycles. The fourth-order valence-corrected chi connectivity index (χ4v) is 2.47. The Morgan fingerprint density at radius 2 is 2.22 bits per heavy atom. The first-order valence-corrected chi connectivity index (χ1v) is 6.87. The van der Waals surface area contributed by atoms with Gasteiger partial charge in [0.1, 0.15) is 5.82 Å². The lowest BCUT2D eigenvalue weighted by Gasteiger charge is -2.08. The van der Waals surface area contributed by atoms with E-state index >= 15 is 0 Å². The van der Waals surface area contributed by atoms with E-state index in [0.717, 1.165) is 16.8 Å². The molecule has 5 heteroatoms. The standard InChI is InChI=1S/C13H17N3OS/c1-8(2)14-5-10-4-12(17)16-13(15-10)11-7-18-6-9(11)3/h4,6-8,14H,5H2,1-3H3,(H,15,16,17). The van der Waals surface area contributed by atoms with E-state index in [2.05, 4.69) is 29.1 Å². The van der Waals surface area contributed by atoms with Crippen LogP contribution in [-0.2, 0) is 6.54 Å². The van der Waals surface area contributed by atoms with Crippen molar-refractivity contribution in [2.75, 3.05) is 0 Å². The minimum Gasteiger partial charge on any atom is -0.309 e. The van der Waals surface area contributed by atoms with Gasteiger partial charge >= 0.3 is 0 Å². The maximum atomic E-state index is 11.6. The van der Waals surface area contributed by atoms with Crippen molar-refractivity contribution in [2.24, 2.45) is 0 Å². The highest BCUT2D eigenvalue weighted by atomic mass is 32.1. The van der Waals surface area contributed by atoms with E-state index in [4.69, 9.17) is 0 Å². The maximum absolute atomic E-state index is 11.6. The number of nitrogens with one attached hydrogen (secondary N) is 2. The largest absolute Gasteiger partial charge is 0.309 e. The predicted octanol–water partition coefficient (Wildman–Crippen LogP) is 2.30. The van der Waals surface area contributed by atoms with Crippen LogP contribution in [0.5, 0.6) is 0 Å². The Bertz CT molecular complexity index is 586. The second kappa shape index (κ2) is 5.46. The molecule has 2 aromatic rings. The van der Waals surface area contributed by atoms with Gasteiger partial charge in [0.05, 0.1) is 5.69 Å². The Labute approximate surface area is 110 Å². The van der Waals surface area contributed by atoms with Gasteiger partial charge in [-0.3, -0.25) is 4.79 Å². The predicted molar refractivity (Wildman–Crippen MR) is 74.9 cm³/mol. The summed E-state index contributed by atoms with van der Waals surface area (Å²) in [5.41, 5.74) is 2.81. The summed E-state index contributed by atoms with van der Waals surface area (Å²) in [6, 6.07) is 1.91. The summed E-state index contributed by atoms with van der Waals surface area (Å²) in [4.78, 5) is 18.9. The molecule has 18 heavy (non-hydrogen) atoms. The maximum Gasteiger partial charge on any atom is 0.251 e. The van der Waals surface area contributed by atoms with Gasteiger partial charge in [-0.15, -0.1) is 0 Å². The van der Waals surface area contributed by atoms with Gasteiger partial charge in [0.15, 0.2) is 0 Å². The van der Waals surface area contributed by atoms with Gasteiger partial charge in [-0.1, -0.05) is 13.8 Å². The lowest BCUT2D eigenvalue weighted by molar-refractivity contribution is 0.580. The number of hydrogen-bond acceptors (Lipinski definition) is 4. The fourth-order valence-electron chi connectivity index (χ4n) is 1.64. The van der Waals surface area contributed by atoms with Crippen molar-refractivity contribution in [1.82, 2.24) is 15.3 Å². The van der Waals surface area contributed by atoms with Crippen LogP contribution < -0.4 is 10.9 Å². The minimum absolute atomic E-state index is 0.105. The molecule has 0 unspecified atom stereocenters. The molecule has 0 spiro atoms. The molecule has 0 fully saturated rings. The molecule has 0 saturated carbocycles. The summed E-state index contributed by atoms with van der Waals surface area (Å²) in [5, 5.41) is 7.32. The van der Waals surface area contributed by atoms with Crippen molar-refractivity contribution in [3.63, 3.8) is 0 Å². The fraction of sp³-hybridized carbons (Fsp3) is 0.385. The average Bonchev–Trinajstić information content (AvgIpc) is 2.72. The molecule has 0 aliphatic heterocycles. The second-order valence-electron chi connectivity index (χ2n) is 4.59. The number of aromatic amines is 1. The topological polar surface area (TPSA) is 57.8 Å². The van der Waals surface area contributed by atoms with E-state index in [1.54, 1.807) is 17.4 Å². The van der Waals surface area contributed by atoms with Gasteiger partial charge < -0.3 is 10.3 Å². The lowest BCUT2D eigenvalue weighted by atomic mass is 10.2. The van der Waals surface area contributed by atoms with E-state index < -0.39 is 0 Å². The van der Waals surface area contributed by atoms with Crippen molar-refractivity contribution in [1.29, 1.82) is 0 Å². The summed E-state index contributed by atoms with van der Waals surface area (Å²) in [5.74, 6) is 0.654. The van der Waals surface area contributed by atoms with E-state index in [-0.39, 0.29) is 5.56 Å². The molecular weight excluding hydrogens is 246 g/mol. The molecule has 0 bridgehead atoms. The molecule has 0 aliphatic rings. The molecule has 0 radical (unpaired) electrons. The normalized spacial score (nSPS) is 11.1. The molecule has 2 N–H and O–H groups in total. The molecule has 0 aromatic carbocycles. The first kappa shape index (κ1) is 13.0. The van der Waals surface area contributed by atoms with Crippen LogP contribution in [-0.4, -0.2) is 16.0 Å². The molecule has 0 atom stereocenters. The molecule has 0 amide bonds. The van der Waals surface area contributed by atoms with Crippen LogP contribution in [0.2, 0.25) is 0 Å². The zero-order valence-electron chi connectivity index (χ0n) is 10.8. The van der Waals surface area contributed by atoms with Crippen molar-refractivity contribution >= 4 is 11.3 Å². The van der Waals surface area contributed by atoms with Crippen molar-refractivity contribution in [3.05, 3.63) is 38.4 Å². The first-order chi connectivity index (χ1) is 8.56. The van der Waals surface area contributed by atoms with Crippen LogP contribution in [0.25, 0.3) is 11.4 Å². The molecule has 2 rings (SSSR count). The Hall–Kier alpha value is -1.46. The lowest BCUT2D eigenvalue weighted by Crippen LogP contribution is -2.24. The third kappa shape index (κ3) is 3.05. The van der Waals surface area contributed by atoms with E-state index in [0.29, 0.717) is 18.4 Å². The van der Waals surface area contributed by atoms with Crippen LogP contribution in [0.15, 0.2) is 21.6 Å². The quantitative estimate of drug-likeness (QED) is 0.890. The van der Waals surface area contributed by atoms with E-state index in [1.165, 1.54) is 0 Å². The monoisotopic (exact) mass is 263 g/mol. The van der Waals surface area contributed by atoms with Crippen LogP contribution in [0, 0.1) is 6.92 Å². The first-order valence-electron chi connectivity index (χ1n) is 5.93. The zero-order chi connectivity index (χ0) is 13.1. The summed E-state index contributed by atoms with van der Waals surface area (Å²) in [6.45, 7) is 6.76. The van der Waals surface area contributed by atoms with Gasteiger partial charge in [0.25, 0.3) is 5.56 Å². The third-order valence-electron chi connectivity index (χ3n) is 2.60. The minimum atomic E-state index is -0.105. The Morgan fingerprint density at radius 3 is 2.83 bits per heavy atom. The Morgan fingerprint density at radius 1 is 1.44 bits per heavy atom. The Kier molecular flexibility index (Phi) is 3.93. The van der Waals surface area contributed by atoms with Gasteiger partial charge in [0.2, 0.25) is 0 Å². The van der Waals surface area contributed by atoms with Gasteiger partial charge in [0, 0.05) is 29.6 Å². The third-order valence-corrected chi connectivity index (χ3v) is 3.46. The average molecular weight is 263 g/mol. The molecule has 96 valence electrons. The van der Waals surface area contributed by atoms with Crippen molar-refractivity contribution in [3.8, 4) is 11.4 Å². The highest BCUT2D eigenvalue weighted by molar-refractivity contribution is 7.08. The molecule has 4 nitrogen and oxygen atoms in total. The molecule has 2 aromatic heterocycles. The number of rotatable bonds is 4. The highest BCUT2D eigenvalue weighted by Crippen LogP contribution is 2.22. The van der Waals surface area contributed by atoms with Crippen LogP contribution in [0.3, 0.4) is 0 Å². The summed E-state index contributed by atoms with van der Waals surface area (Å²) in [6.07, 6.45) is 0. The second-order valence-corrected chi connectivity index (χ2v) is 5.33. The van der Waals surface area contributed by atoms with E-state index in [9.17, 15) is 4.79 Å². The summed E-state index contributed by atoms with van der Waals surface area (Å²) >= 11 is 1.61. The number of nitrogens with zero attached hydrogens (tertiary/aromatic N) is 1. The molecule has 0 saturated heterocycles. The van der Waals surface area contributed by atoms with Crippen LogP contribution >= 0.6 is 11.3 Å². The number of aryl methyl sites for hydroxylation is 1. The van der Waals surface area contributed by atoms with Crippen molar-refractivity contribution in [2.45, 2.75) is 33.4 Å². The smallest absolute Gasteiger partial charge is 0.251 e. The molecular formula is C13H17N3OS. The number of thiophene rings is 1. The highest BCUT2D eigenvalue weighted by Gasteiger charge is 2.07. The van der Waals surface area contributed by atoms with Crippen LogP contribution in [0.4, 0.5) is 0 Å². The van der Waals surface area contributed by atoms with E-state index in [1.807, 2.05) is 17.7 Å². The number of H-pyrrole nitrogens is 1.